The van der Waals surface area contributed by atoms with Crippen LogP contribution in [0.5, 0.6) is 5.75 Å². The number of nitrogens with zero attached hydrogens (tertiary/aromatic N) is 3. The van der Waals surface area contributed by atoms with Crippen LogP contribution in [0.1, 0.15) is 39.9 Å². The van der Waals surface area contributed by atoms with E-state index in [1.807, 2.05) is 30.2 Å². The van der Waals surface area contributed by atoms with Gasteiger partial charge in [-0.15, -0.1) is 0 Å². The number of aryl methyl sites for hydroxylation is 1. The summed E-state index contributed by atoms with van der Waals surface area (Å²) < 4.78 is 0. The van der Waals surface area contributed by atoms with Crippen LogP contribution in [0.15, 0.2) is 30.6 Å². The van der Waals surface area contributed by atoms with Crippen LogP contribution in [0.25, 0.3) is 0 Å². The zero-order chi connectivity index (χ0) is 19.7. The normalized spacial score (nSPS) is 20.6. The van der Waals surface area contributed by atoms with Crippen molar-refractivity contribution in [3.05, 3.63) is 52.8 Å². The van der Waals surface area contributed by atoms with Crippen molar-refractivity contribution in [3.8, 4) is 11.8 Å². The fourth-order valence-corrected chi connectivity index (χ4v) is 4.49. The number of phenols is 1. The van der Waals surface area contributed by atoms with Crippen molar-refractivity contribution >= 4 is 5.91 Å². The lowest BCUT2D eigenvalue weighted by Gasteiger charge is -2.46. The van der Waals surface area contributed by atoms with Gasteiger partial charge in [-0.25, -0.2) is 0 Å². The lowest BCUT2D eigenvalue weighted by molar-refractivity contribution is 0.0169. The molecule has 6 nitrogen and oxygen atoms in total. The van der Waals surface area contributed by atoms with Crippen molar-refractivity contribution in [1.82, 2.24) is 14.8 Å². The van der Waals surface area contributed by atoms with Gasteiger partial charge in [0.25, 0.3) is 5.91 Å². The highest BCUT2D eigenvalue weighted by molar-refractivity contribution is 5.95. The Kier molecular flexibility index (Phi) is 5.10. The summed E-state index contributed by atoms with van der Waals surface area (Å²) in [6.45, 7) is 6.51. The van der Waals surface area contributed by atoms with E-state index in [2.05, 4.69) is 9.88 Å². The first-order chi connectivity index (χ1) is 13.5. The molecule has 2 aliphatic heterocycles. The van der Waals surface area contributed by atoms with Crippen molar-refractivity contribution < 1.29 is 9.90 Å². The van der Waals surface area contributed by atoms with Crippen LogP contribution in [0.3, 0.4) is 0 Å². The third-order valence-corrected chi connectivity index (χ3v) is 6.17. The molecule has 2 fully saturated rings. The minimum absolute atomic E-state index is 0.0392. The molecule has 3 heterocycles. The molecule has 2 saturated heterocycles. The Bertz CT molecular complexity index is 908. The van der Waals surface area contributed by atoms with E-state index < -0.39 is 0 Å². The molecule has 1 unspecified atom stereocenters. The van der Waals surface area contributed by atoms with Crippen LogP contribution in [0, 0.1) is 30.1 Å². The molecule has 28 heavy (non-hydrogen) atoms. The molecule has 0 bridgehead atoms. The summed E-state index contributed by atoms with van der Waals surface area (Å²) in [4.78, 5) is 20.2. The third kappa shape index (κ3) is 3.63. The lowest BCUT2D eigenvalue weighted by atomic mass is 9.80. The van der Waals surface area contributed by atoms with E-state index in [-0.39, 0.29) is 11.7 Å². The number of aromatic hydroxyl groups is 1. The van der Waals surface area contributed by atoms with E-state index in [1.54, 1.807) is 18.3 Å². The highest BCUT2D eigenvalue weighted by atomic mass is 16.3. The molecule has 0 radical (unpaired) electrons. The van der Waals surface area contributed by atoms with Crippen molar-refractivity contribution in [1.29, 1.82) is 5.26 Å². The van der Waals surface area contributed by atoms with Crippen LogP contribution in [-0.4, -0.2) is 52.0 Å². The number of carbonyl (C=O) groups is 1. The molecule has 2 aliphatic rings. The van der Waals surface area contributed by atoms with E-state index in [0.717, 1.165) is 55.8 Å². The van der Waals surface area contributed by atoms with Gasteiger partial charge in [0.15, 0.2) is 0 Å². The summed E-state index contributed by atoms with van der Waals surface area (Å²) in [6, 6.07) is 7.27. The van der Waals surface area contributed by atoms with Crippen LogP contribution >= 0.6 is 0 Å². The van der Waals surface area contributed by atoms with Crippen molar-refractivity contribution in [2.75, 3.05) is 26.2 Å². The molecule has 4 rings (SSSR count). The molecule has 2 N–H and O–H groups in total. The number of benzene rings is 1. The molecule has 1 atom stereocenters. The molecule has 2 aromatic rings. The highest BCUT2D eigenvalue weighted by Crippen LogP contribution is 2.32. The Morgan fingerprint density at radius 2 is 2.11 bits per heavy atom. The van der Waals surface area contributed by atoms with E-state index in [1.165, 1.54) is 6.42 Å². The van der Waals surface area contributed by atoms with Gasteiger partial charge in [-0.1, -0.05) is 6.07 Å². The summed E-state index contributed by atoms with van der Waals surface area (Å²) in [7, 11) is 0. The number of likely N-dealkylation sites (tertiary alicyclic amines) is 2. The van der Waals surface area contributed by atoms with Crippen molar-refractivity contribution in [2.24, 2.45) is 11.8 Å². The van der Waals surface area contributed by atoms with E-state index in [0.29, 0.717) is 17.4 Å². The molecular weight excluding hydrogens is 352 g/mol. The second-order valence-electron chi connectivity index (χ2n) is 8.12. The monoisotopic (exact) mass is 378 g/mol. The topological polar surface area (TPSA) is 83.4 Å². The number of carbonyl (C=O) groups excluding carboxylic acids is 1. The van der Waals surface area contributed by atoms with Crippen LogP contribution in [-0.2, 0) is 6.54 Å². The average Bonchev–Trinajstić information content (AvgIpc) is 3.11. The Hall–Kier alpha value is -2.78. The van der Waals surface area contributed by atoms with Gasteiger partial charge in [-0.2, -0.15) is 5.26 Å². The number of H-pyrrole nitrogens is 1. The molecule has 0 aliphatic carbocycles. The van der Waals surface area contributed by atoms with E-state index in [9.17, 15) is 9.90 Å². The number of nitriles is 1. The molecule has 0 spiro atoms. The number of phenolic OH excluding ortho intramolecular Hbond substituents is 1. The fourth-order valence-electron chi connectivity index (χ4n) is 4.49. The van der Waals surface area contributed by atoms with Gasteiger partial charge in [-0.05, 0) is 54.9 Å². The Morgan fingerprint density at radius 3 is 2.82 bits per heavy atom. The van der Waals surface area contributed by atoms with Gasteiger partial charge in [0.1, 0.15) is 11.8 Å². The summed E-state index contributed by atoms with van der Waals surface area (Å²) in [5.41, 5.74) is 3.18. The number of hydrogen-bond acceptors (Lipinski definition) is 4. The van der Waals surface area contributed by atoms with Gasteiger partial charge in [-0.3, -0.25) is 9.69 Å². The Labute approximate surface area is 165 Å². The van der Waals surface area contributed by atoms with E-state index >= 15 is 0 Å². The number of nitrogens with one attached hydrogen (secondary N) is 1. The second kappa shape index (κ2) is 7.69. The van der Waals surface area contributed by atoms with Gasteiger partial charge < -0.3 is 15.0 Å². The van der Waals surface area contributed by atoms with E-state index in [4.69, 9.17) is 5.26 Å². The first-order valence-electron chi connectivity index (χ1n) is 9.92. The number of hydrogen-bond donors (Lipinski definition) is 2. The first-order valence-corrected chi connectivity index (χ1v) is 9.92. The van der Waals surface area contributed by atoms with Gasteiger partial charge in [0, 0.05) is 45.1 Å². The zero-order valence-corrected chi connectivity index (χ0v) is 16.2. The molecule has 1 aromatic heterocycles. The minimum Gasteiger partial charge on any atom is -0.507 e. The first kappa shape index (κ1) is 18.6. The second-order valence-corrected chi connectivity index (χ2v) is 8.12. The molecule has 1 aromatic carbocycles. The average molecular weight is 378 g/mol. The maximum Gasteiger partial charge on any atom is 0.255 e. The van der Waals surface area contributed by atoms with Crippen LogP contribution < -0.4 is 0 Å². The summed E-state index contributed by atoms with van der Waals surface area (Å²) in [5.74, 6) is 1.36. The number of piperidine rings is 1. The van der Waals surface area contributed by atoms with Crippen LogP contribution in [0.4, 0.5) is 0 Å². The Balaban J connectivity index is 1.31. The van der Waals surface area contributed by atoms with Gasteiger partial charge in [0.2, 0.25) is 0 Å². The van der Waals surface area contributed by atoms with Crippen LogP contribution in [0.2, 0.25) is 0 Å². The maximum absolute atomic E-state index is 12.8. The smallest absolute Gasteiger partial charge is 0.255 e. The molecule has 1 amide bonds. The maximum atomic E-state index is 12.8. The molecular formula is C22H26N4O2. The summed E-state index contributed by atoms with van der Waals surface area (Å²) in [6.07, 6.45) is 5.94. The lowest BCUT2D eigenvalue weighted by Crippen LogP contribution is -2.53. The summed E-state index contributed by atoms with van der Waals surface area (Å²) >= 11 is 0. The number of aromatic amines is 1. The quantitative estimate of drug-likeness (QED) is 0.857. The van der Waals surface area contributed by atoms with Gasteiger partial charge in [0.05, 0.1) is 11.1 Å². The third-order valence-electron chi connectivity index (χ3n) is 6.17. The van der Waals surface area contributed by atoms with Gasteiger partial charge >= 0.3 is 0 Å². The van der Waals surface area contributed by atoms with Crippen molar-refractivity contribution in [3.63, 3.8) is 0 Å². The molecule has 146 valence electrons. The predicted octanol–water partition coefficient (Wildman–Crippen LogP) is 2.88. The number of rotatable bonds is 4. The number of aromatic nitrogens is 1. The largest absolute Gasteiger partial charge is 0.507 e. The SMILES string of the molecule is Cc1c[nH]cc1C(=O)N1CCCC(C2CN(Cc3ccc(O)c(C#N)c3)C2)C1. The standard InChI is InChI=1S/C22H26N4O2/c1-15-9-24-10-20(15)22(28)26-6-2-3-17(14-26)19-12-25(13-19)11-16-4-5-21(27)18(7-16)8-23/h4-5,7,9-10,17,19,24,27H,2-3,6,11-14H2,1H3. The fraction of sp³-hybridized carbons (Fsp3) is 0.455. The number of amides is 1. The molecule has 0 saturated carbocycles. The predicted molar refractivity (Wildman–Crippen MR) is 106 cm³/mol. The van der Waals surface area contributed by atoms with Crippen molar-refractivity contribution in [2.45, 2.75) is 26.3 Å². The Morgan fingerprint density at radius 1 is 1.29 bits per heavy atom. The summed E-state index contributed by atoms with van der Waals surface area (Å²) in [5, 5.41) is 18.7. The highest BCUT2D eigenvalue weighted by Gasteiger charge is 2.36. The minimum atomic E-state index is 0.0392. The molecule has 6 heteroatoms. The zero-order valence-electron chi connectivity index (χ0n) is 16.2.